The van der Waals surface area contributed by atoms with Gasteiger partial charge >= 0.3 is 0 Å². The Labute approximate surface area is 166 Å². The first-order valence-electron chi connectivity index (χ1n) is 9.58. The van der Waals surface area contributed by atoms with Crippen LogP contribution in [-0.4, -0.2) is 64.6 Å². The fraction of sp³-hybridized carbons (Fsp3) is 0.579. The molecule has 1 aromatic carbocycles. The highest BCUT2D eigenvalue weighted by Gasteiger charge is 2.20. The van der Waals surface area contributed by atoms with Crippen molar-refractivity contribution in [3.63, 3.8) is 0 Å². The maximum absolute atomic E-state index is 12.5. The number of ether oxygens (including phenoxy) is 2. The molecule has 1 aromatic rings. The van der Waals surface area contributed by atoms with E-state index in [1.54, 1.807) is 12.1 Å². The Morgan fingerprint density at radius 2 is 2.25 bits per heavy atom. The summed E-state index contributed by atoms with van der Waals surface area (Å²) >= 11 is 0. The van der Waals surface area contributed by atoms with Gasteiger partial charge in [-0.15, -0.1) is 4.40 Å². The summed E-state index contributed by atoms with van der Waals surface area (Å²) in [7, 11) is -1.98. The predicted octanol–water partition coefficient (Wildman–Crippen LogP) is 2.02. The number of carbonyl (C=O) groups is 1. The first kappa shape index (κ1) is 20.8. The van der Waals surface area contributed by atoms with E-state index in [1.807, 2.05) is 11.9 Å². The number of hydrogen-bond acceptors (Lipinski definition) is 5. The lowest BCUT2D eigenvalue weighted by molar-refractivity contribution is -0.117. The SMILES string of the molecule is CN1CCC/C1=N\S(=O)(=O)c1cccc(NC(=O)CCOCC2CCCO2)c1. The molecule has 9 heteroatoms. The minimum atomic E-state index is -3.81. The molecule has 3 rings (SSSR count). The molecule has 0 spiro atoms. The average Bonchev–Trinajstić information content (AvgIpc) is 3.31. The number of benzene rings is 1. The highest BCUT2D eigenvalue weighted by atomic mass is 32.2. The van der Waals surface area contributed by atoms with Crippen molar-refractivity contribution in [3.05, 3.63) is 24.3 Å². The molecule has 2 aliphatic heterocycles. The fourth-order valence-electron chi connectivity index (χ4n) is 3.21. The summed E-state index contributed by atoms with van der Waals surface area (Å²) in [4.78, 5) is 14.0. The minimum Gasteiger partial charge on any atom is -0.378 e. The Balaban J connectivity index is 1.53. The normalized spacial score (nSPS) is 21.4. The van der Waals surface area contributed by atoms with Crippen LogP contribution < -0.4 is 5.32 Å². The van der Waals surface area contributed by atoms with Crippen LogP contribution in [0.2, 0.25) is 0 Å². The Hall–Kier alpha value is -1.97. The van der Waals surface area contributed by atoms with Crippen LogP contribution in [0.1, 0.15) is 32.1 Å². The van der Waals surface area contributed by atoms with Crippen LogP contribution in [-0.2, 0) is 24.3 Å². The molecule has 2 saturated heterocycles. The molecule has 0 aromatic heterocycles. The van der Waals surface area contributed by atoms with Crippen LogP contribution >= 0.6 is 0 Å². The second-order valence-corrected chi connectivity index (χ2v) is 8.65. The monoisotopic (exact) mass is 409 g/mol. The van der Waals surface area contributed by atoms with Gasteiger partial charge in [-0.2, -0.15) is 8.42 Å². The van der Waals surface area contributed by atoms with Gasteiger partial charge in [0.1, 0.15) is 5.84 Å². The van der Waals surface area contributed by atoms with E-state index >= 15 is 0 Å². The minimum absolute atomic E-state index is 0.0627. The van der Waals surface area contributed by atoms with Crippen LogP contribution in [0.25, 0.3) is 0 Å². The van der Waals surface area contributed by atoms with E-state index in [1.165, 1.54) is 12.1 Å². The summed E-state index contributed by atoms with van der Waals surface area (Å²) in [5, 5.41) is 2.71. The maximum Gasteiger partial charge on any atom is 0.284 e. The lowest BCUT2D eigenvalue weighted by Crippen LogP contribution is -2.20. The summed E-state index contributed by atoms with van der Waals surface area (Å²) in [6.45, 7) is 2.37. The van der Waals surface area contributed by atoms with Crippen molar-refractivity contribution in [2.24, 2.45) is 4.40 Å². The van der Waals surface area contributed by atoms with Crippen LogP contribution in [0.15, 0.2) is 33.6 Å². The van der Waals surface area contributed by atoms with Crippen molar-refractivity contribution in [1.29, 1.82) is 0 Å². The number of sulfonamides is 1. The first-order valence-corrected chi connectivity index (χ1v) is 11.0. The van der Waals surface area contributed by atoms with Gasteiger partial charge in [0, 0.05) is 32.3 Å². The number of nitrogens with one attached hydrogen (secondary N) is 1. The number of hydrogen-bond donors (Lipinski definition) is 1. The van der Waals surface area contributed by atoms with Gasteiger partial charge in [0.05, 0.1) is 30.6 Å². The zero-order chi connectivity index (χ0) is 20.0. The van der Waals surface area contributed by atoms with E-state index in [9.17, 15) is 13.2 Å². The molecule has 1 atom stereocenters. The van der Waals surface area contributed by atoms with Gasteiger partial charge in [0.15, 0.2) is 0 Å². The molecule has 2 heterocycles. The van der Waals surface area contributed by atoms with Crippen molar-refractivity contribution >= 4 is 27.5 Å². The molecular weight excluding hydrogens is 382 g/mol. The quantitative estimate of drug-likeness (QED) is 0.660. The standard InChI is InChI=1S/C19H27N3O5S/c1-22-10-3-8-18(22)21-28(24,25)17-7-2-5-15(13-17)20-19(23)9-12-26-14-16-6-4-11-27-16/h2,5,7,13,16H,3-4,6,8-12,14H2,1H3,(H,20,23)/b21-18+. The molecule has 0 radical (unpaired) electrons. The molecule has 154 valence electrons. The van der Waals surface area contributed by atoms with Crippen molar-refractivity contribution < 1.29 is 22.7 Å². The number of likely N-dealkylation sites (tertiary alicyclic amines) is 1. The van der Waals surface area contributed by atoms with Crippen LogP contribution in [0.3, 0.4) is 0 Å². The predicted molar refractivity (Wildman–Crippen MR) is 106 cm³/mol. The number of nitrogens with zero attached hydrogens (tertiary/aromatic N) is 2. The second-order valence-electron chi connectivity index (χ2n) is 7.04. The number of anilines is 1. The van der Waals surface area contributed by atoms with Gasteiger partial charge in [-0.05, 0) is 37.5 Å². The molecule has 28 heavy (non-hydrogen) atoms. The fourth-order valence-corrected chi connectivity index (χ4v) is 4.35. The highest BCUT2D eigenvalue weighted by molar-refractivity contribution is 7.90. The number of amides is 1. The molecule has 0 bridgehead atoms. The van der Waals surface area contributed by atoms with Gasteiger partial charge in [-0.1, -0.05) is 6.07 Å². The third kappa shape index (κ3) is 5.76. The molecule has 1 amide bonds. The van der Waals surface area contributed by atoms with E-state index in [0.29, 0.717) is 31.2 Å². The van der Waals surface area contributed by atoms with Crippen molar-refractivity contribution in [3.8, 4) is 0 Å². The second kappa shape index (κ2) is 9.49. The van der Waals surface area contributed by atoms with Gasteiger partial charge in [-0.3, -0.25) is 4.79 Å². The van der Waals surface area contributed by atoms with Crippen LogP contribution in [0.4, 0.5) is 5.69 Å². The van der Waals surface area contributed by atoms with Crippen molar-refractivity contribution in [2.45, 2.75) is 43.1 Å². The number of rotatable bonds is 8. The lowest BCUT2D eigenvalue weighted by atomic mass is 10.2. The molecule has 8 nitrogen and oxygen atoms in total. The molecule has 2 fully saturated rings. The lowest BCUT2D eigenvalue weighted by Gasteiger charge is -2.12. The Bertz CT molecular complexity index is 819. The number of carbonyl (C=O) groups excluding carboxylic acids is 1. The Kier molecular flexibility index (Phi) is 7.03. The number of amidine groups is 1. The van der Waals surface area contributed by atoms with E-state index in [0.717, 1.165) is 32.4 Å². The smallest absolute Gasteiger partial charge is 0.284 e. The zero-order valence-corrected chi connectivity index (χ0v) is 16.9. The zero-order valence-electron chi connectivity index (χ0n) is 16.1. The summed E-state index contributed by atoms with van der Waals surface area (Å²) in [5.41, 5.74) is 0.421. The average molecular weight is 410 g/mol. The first-order chi connectivity index (χ1) is 13.4. The van der Waals surface area contributed by atoms with Crippen molar-refractivity contribution in [2.75, 3.05) is 38.7 Å². The molecule has 0 aliphatic carbocycles. The molecular formula is C19H27N3O5S. The summed E-state index contributed by atoms with van der Waals surface area (Å²) in [6.07, 6.45) is 3.92. The van der Waals surface area contributed by atoms with E-state index in [4.69, 9.17) is 9.47 Å². The van der Waals surface area contributed by atoms with E-state index < -0.39 is 10.0 Å². The maximum atomic E-state index is 12.5. The Morgan fingerprint density at radius 3 is 2.96 bits per heavy atom. The molecule has 1 N–H and O–H groups in total. The summed E-state index contributed by atoms with van der Waals surface area (Å²) < 4.78 is 40.0. The van der Waals surface area contributed by atoms with Gasteiger partial charge < -0.3 is 19.7 Å². The largest absolute Gasteiger partial charge is 0.378 e. The topological polar surface area (TPSA) is 97.3 Å². The van der Waals surface area contributed by atoms with E-state index in [-0.39, 0.29) is 23.3 Å². The van der Waals surface area contributed by atoms with Crippen LogP contribution in [0, 0.1) is 0 Å². The van der Waals surface area contributed by atoms with Crippen molar-refractivity contribution in [1.82, 2.24) is 4.90 Å². The van der Waals surface area contributed by atoms with Gasteiger partial charge in [0.2, 0.25) is 5.91 Å². The highest BCUT2D eigenvalue weighted by Crippen LogP contribution is 2.20. The summed E-state index contributed by atoms with van der Waals surface area (Å²) in [5.74, 6) is 0.335. The summed E-state index contributed by atoms with van der Waals surface area (Å²) in [6, 6.07) is 6.15. The van der Waals surface area contributed by atoms with Crippen LogP contribution in [0.5, 0.6) is 0 Å². The third-order valence-electron chi connectivity index (χ3n) is 4.78. The molecule has 2 aliphatic rings. The molecule has 1 unspecified atom stereocenters. The van der Waals surface area contributed by atoms with E-state index in [2.05, 4.69) is 9.71 Å². The Morgan fingerprint density at radius 1 is 1.39 bits per heavy atom. The van der Waals surface area contributed by atoms with Gasteiger partial charge in [0.25, 0.3) is 10.0 Å². The van der Waals surface area contributed by atoms with Gasteiger partial charge in [-0.25, -0.2) is 0 Å². The third-order valence-corrected chi connectivity index (χ3v) is 6.08. The molecule has 0 saturated carbocycles.